The molecule has 2 aromatic heterocycles. The molecule has 0 radical (unpaired) electrons. The van der Waals surface area contributed by atoms with Gasteiger partial charge in [0.2, 0.25) is 0 Å². The van der Waals surface area contributed by atoms with Crippen LogP contribution in [0.1, 0.15) is 37.7 Å². The number of fused-ring (bicyclic) bond motifs is 2. The van der Waals surface area contributed by atoms with Crippen molar-refractivity contribution in [1.29, 1.82) is 0 Å². The maximum atomic E-state index is 8.36. The Bertz CT molecular complexity index is 1060. The first-order valence-electron chi connectivity index (χ1n) is 12.4. The second-order valence-corrected chi connectivity index (χ2v) is 10.1. The van der Waals surface area contributed by atoms with Gasteiger partial charge in [-0.25, -0.2) is 4.68 Å². The van der Waals surface area contributed by atoms with Crippen molar-refractivity contribution in [2.75, 3.05) is 33.2 Å². The smallest absolute Gasteiger partial charge is 0.290 e. The fourth-order valence-electron chi connectivity index (χ4n) is 5.88. The van der Waals surface area contributed by atoms with Crippen LogP contribution in [-0.4, -0.2) is 80.2 Å². The van der Waals surface area contributed by atoms with Crippen LogP contribution in [0.2, 0.25) is 0 Å². The molecule has 3 atom stereocenters. The summed E-state index contributed by atoms with van der Waals surface area (Å²) in [7, 11) is 4.18. The van der Waals surface area contributed by atoms with E-state index in [4.69, 9.17) is 9.90 Å². The molecule has 1 aromatic carbocycles. The van der Waals surface area contributed by atoms with Gasteiger partial charge in [-0.05, 0) is 70.2 Å². The number of likely N-dealkylation sites (N-methyl/N-ethyl adjacent to an activating group) is 1. The number of hydrogen-bond donors (Lipinski definition) is 1. The van der Waals surface area contributed by atoms with Gasteiger partial charge in [-0.15, -0.1) is 0 Å². The van der Waals surface area contributed by atoms with Gasteiger partial charge in [0, 0.05) is 38.1 Å². The van der Waals surface area contributed by atoms with E-state index >= 15 is 0 Å². The lowest BCUT2D eigenvalue weighted by Gasteiger charge is -2.36. The molecule has 1 N–H and O–H groups in total. The van der Waals surface area contributed by atoms with Gasteiger partial charge in [-0.1, -0.05) is 18.1 Å². The van der Waals surface area contributed by atoms with Crippen LogP contribution < -0.4 is 0 Å². The lowest BCUT2D eigenvalue weighted by atomic mass is 10.0. The number of carboxylic acid groups (broad SMARTS) is 1. The molecule has 0 spiro atoms. The van der Waals surface area contributed by atoms with Crippen molar-refractivity contribution in [3.63, 3.8) is 0 Å². The van der Waals surface area contributed by atoms with Crippen LogP contribution >= 0.6 is 0 Å². The minimum absolute atomic E-state index is 0.250. The van der Waals surface area contributed by atoms with Crippen LogP contribution in [0.4, 0.5) is 0 Å². The first-order chi connectivity index (χ1) is 16.5. The van der Waals surface area contributed by atoms with Crippen molar-refractivity contribution >= 4 is 17.4 Å². The molecule has 3 aliphatic rings. The zero-order chi connectivity index (χ0) is 24.1. The zero-order valence-corrected chi connectivity index (χ0v) is 20.7. The number of benzene rings is 1. The summed E-state index contributed by atoms with van der Waals surface area (Å²) in [5.41, 5.74) is 3.35. The molecule has 184 valence electrons. The number of aromatic nitrogens is 4. The molecule has 1 saturated carbocycles. The lowest BCUT2D eigenvalue weighted by Crippen LogP contribution is -2.45. The third-order valence-electron chi connectivity index (χ3n) is 7.53. The van der Waals surface area contributed by atoms with Gasteiger partial charge in [0.1, 0.15) is 5.69 Å². The molecule has 3 aromatic rings. The Labute approximate surface area is 202 Å². The molecule has 3 fully saturated rings. The molecular weight excluding hydrogens is 428 g/mol. The normalized spacial score (nSPS) is 24.7. The Balaban J connectivity index is 0.000000145. The van der Waals surface area contributed by atoms with Crippen LogP contribution in [0.15, 0.2) is 36.8 Å². The van der Waals surface area contributed by atoms with Crippen molar-refractivity contribution < 1.29 is 9.90 Å². The molecule has 8 nitrogen and oxygen atoms in total. The number of aryl methyl sites for hydroxylation is 2. The maximum Gasteiger partial charge on any atom is 0.290 e. The molecular formula is C26H38N6O2. The summed E-state index contributed by atoms with van der Waals surface area (Å²) in [6.07, 6.45) is 13.0. The van der Waals surface area contributed by atoms with E-state index < -0.39 is 0 Å². The van der Waals surface area contributed by atoms with Crippen molar-refractivity contribution in [3.8, 4) is 5.69 Å². The molecule has 2 saturated heterocycles. The van der Waals surface area contributed by atoms with Crippen LogP contribution in [0, 0.1) is 18.8 Å². The van der Waals surface area contributed by atoms with E-state index in [2.05, 4.69) is 52.2 Å². The average Bonchev–Trinajstić information content (AvgIpc) is 3.58. The molecule has 1 unspecified atom stereocenters. The van der Waals surface area contributed by atoms with E-state index in [1.54, 1.807) is 4.68 Å². The molecule has 8 heteroatoms. The summed E-state index contributed by atoms with van der Waals surface area (Å²) >= 11 is 0. The molecule has 2 aliphatic heterocycles. The summed E-state index contributed by atoms with van der Waals surface area (Å²) in [5.74, 6) is 2.13. The summed E-state index contributed by atoms with van der Waals surface area (Å²) < 4.78 is 3.68. The van der Waals surface area contributed by atoms with Crippen LogP contribution in [0.3, 0.4) is 0 Å². The van der Waals surface area contributed by atoms with Gasteiger partial charge < -0.3 is 10.0 Å². The third kappa shape index (κ3) is 5.67. The molecule has 34 heavy (non-hydrogen) atoms. The summed E-state index contributed by atoms with van der Waals surface area (Å²) in [6.45, 7) is 7.31. The Kier molecular flexibility index (Phi) is 8.00. The van der Waals surface area contributed by atoms with Gasteiger partial charge >= 0.3 is 0 Å². The number of carbonyl (C=O) groups is 1. The Morgan fingerprint density at radius 1 is 1.00 bits per heavy atom. The molecule has 4 heterocycles. The van der Waals surface area contributed by atoms with Gasteiger partial charge in [-0.3, -0.25) is 14.4 Å². The van der Waals surface area contributed by atoms with E-state index in [0.717, 1.165) is 34.5 Å². The highest BCUT2D eigenvalue weighted by Gasteiger charge is 2.39. The third-order valence-corrected chi connectivity index (χ3v) is 7.53. The van der Waals surface area contributed by atoms with Crippen molar-refractivity contribution in [2.45, 2.75) is 45.1 Å². The van der Waals surface area contributed by atoms with Gasteiger partial charge in [0.05, 0.1) is 24.1 Å². The Morgan fingerprint density at radius 3 is 2.38 bits per heavy atom. The first-order valence-corrected chi connectivity index (χ1v) is 12.4. The molecule has 0 amide bonds. The van der Waals surface area contributed by atoms with Crippen molar-refractivity contribution in [2.24, 2.45) is 18.9 Å². The van der Waals surface area contributed by atoms with E-state index in [1.165, 1.54) is 63.8 Å². The molecule has 1 aliphatic carbocycles. The van der Waals surface area contributed by atoms with E-state index in [-0.39, 0.29) is 6.47 Å². The Hall–Kier alpha value is -2.71. The van der Waals surface area contributed by atoms with Crippen LogP contribution in [-0.2, 0) is 11.8 Å². The van der Waals surface area contributed by atoms with Gasteiger partial charge in [-0.2, -0.15) is 10.2 Å². The highest BCUT2D eigenvalue weighted by molar-refractivity contribution is 5.80. The fraction of sp³-hybridized carbons (Fsp3) is 0.577. The Morgan fingerprint density at radius 2 is 1.74 bits per heavy atom. The number of hydrogen-bond acceptors (Lipinski definition) is 5. The van der Waals surface area contributed by atoms with Crippen LogP contribution in [0.5, 0.6) is 0 Å². The van der Waals surface area contributed by atoms with E-state index in [1.807, 2.05) is 30.3 Å². The minimum Gasteiger partial charge on any atom is -0.483 e. The SMILES string of the molecule is CN1CCCC(N2C[C@H]3CCC[C@H]3C2)C1.Cc1ccc2c(cnn2-c2cnn(C)c2)c1.O=CO. The topological polar surface area (TPSA) is 79.4 Å². The average molecular weight is 467 g/mol. The first kappa shape index (κ1) is 24.4. The van der Waals surface area contributed by atoms with E-state index in [0.29, 0.717) is 0 Å². The van der Waals surface area contributed by atoms with Gasteiger partial charge in [0.25, 0.3) is 6.47 Å². The summed E-state index contributed by atoms with van der Waals surface area (Å²) in [4.78, 5) is 13.7. The largest absolute Gasteiger partial charge is 0.483 e. The van der Waals surface area contributed by atoms with Crippen LogP contribution in [0.25, 0.3) is 16.6 Å². The monoisotopic (exact) mass is 466 g/mol. The summed E-state index contributed by atoms with van der Waals surface area (Å²) in [5, 5.41) is 16.6. The maximum absolute atomic E-state index is 8.36. The second kappa shape index (κ2) is 11.1. The lowest BCUT2D eigenvalue weighted by molar-refractivity contribution is -0.122. The molecule has 6 rings (SSSR count). The fourth-order valence-corrected chi connectivity index (χ4v) is 5.88. The van der Waals surface area contributed by atoms with E-state index in [9.17, 15) is 0 Å². The standard InChI is InChI=1S/C13H24N2.C12H12N4.CH2O2/c1-14-7-3-6-13(10-14)15-8-11-4-2-5-12(11)9-15;1-9-3-4-12-10(5-9)6-14-16(12)11-7-13-15(2)8-11;2-1-3/h11-13H,2-10H2,1H3;3-8H,1-2H3;1H,(H,2,3)/t11-,12+,13?;;. The molecule has 0 bridgehead atoms. The highest BCUT2D eigenvalue weighted by atomic mass is 16.3. The second-order valence-electron chi connectivity index (χ2n) is 10.1. The van der Waals surface area contributed by atoms with Crippen molar-refractivity contribution in [3.05, 3.63) is 42.4 Å². The number of likely N-dealkylation sites (tertiary alicyclic amines) is 2. The van der Waals surface area contributed by atoms with Crippen molar-refractivity contribution in [1.82, 2.24) is 29.4 Å². The number of nitrogens with zero attached hydrogens (tertiary/aromatic N) is 6. The highest BCUT2D eigenvalue weighted by Crippen LogP contribution is 2.39. The predicted molar refractivity (Wildman–Crippen MR) is 134 cm³/mol. The summed E-state index contributed by atoms with van der Waals surface area (Å²) in [6, 6.07) is 7.20. The number of rotatable bonds is 2. The predicted octanol–water partition coefficient (Wildman–Crippen LogP) is 3.58. The van der Waals surface area contributed by atoms with Gasteiger partial charge in [0.15, 0.2) is 0 Å². The zero-order valence-electron chi connectivity index (χ0n) is 20.7. The minimum atomic E-state index is -0.250. The quantitative estimate of drug-likeness (QED) is 0.582. The number of piperidine rings is 1.